The Hall–Kier alpha value is -3.01. The van der Waals surface area contributed by atoms with Crippen LogP contribution < -0.4 is 5.32 Å². The van der Waals surface area contributed by atoms with Crippen LogP contribution in [0.4, 0.5) is 11.5 Å². The number of nitriles is 1. The molecule has 2 rings (SSSR count). The van der Waals surface area contributed by atoms with E-state index < -0.39 is 4.92 Å². The molecule has 2 aromatic rings. The lowest BCUT2D eigenvalue weighted by atomic mass is 10.1. The first-order chi connectivity index (χ1) is 9.13. The lowest BCUT2D eigenvalue weighted by molar-refractivity contribution is -0.384. The number of hydrogen-bond acceptors (Lipinski definition) is 6. The van der Waals surface area contributed by atoms with E-state index >= 15 is 0 Å². The van der Waals surface area contributed by atoms with E-state index in [1.54, 1.807) is 13.1 Å². The number of anilines is 1. The van der Waals surface area contributed by atoms with Gasteiger partial charge in [0.25, 0.3) is 5.69 Å². The van der Waals surface area contributed by atoms with Gasteiger partial charge in [0, 0.05) is 31.1 Å². The Morgan fingerprint density at radius 2 is 2.16 bits per heavy atom. The molecule has 0 fully saturated rings. The van der Waals surface area contributed by atoms with Gasteiger partial charge in [-0.1, -0.05) is 0 Å². The SMILES string of the molecule is CNc1cc([N+](=O)[O-])cc(-c2cncc(C#N)c2)n1. The number of nitrogens with zero attached hydrogens (tertiary/aromatic N) is 4. The number of nitrogens with one attached hydrogen (secondary N) is 1. The van der Waals surface area contributed by atoms with E-state index in [2.05, 4.69) is 15.3 Å². The van der Waals surface area contributed by atoms with E-state index in [4.69, 9.17) is 5.26 Å². The first-order valence-electron chi connectivity index (χ1n) is 5.34. The summed E-state index contributed by atoms with van der Waals surface area (Å²) in [6.45, 7) is 0. The van der Waals surface area contributed by atoms with Gasteiger partial charge in [0.2, 0.25) is 0 Å². The van der Waals surface area contributed by atoms with Gasteiger partial charge in [-0.15, -0.1) is 0 Å². The molecule has 0 aliphatic heterocycles. The molecule has 0 saturated carbocycles. The predicted octanol–water partition coefficient (Wildman–Crippen LogP) is 1.97. The highest BCUT2D eigenvalue weighted by atomic mass is 16.6. The van der Waals surface area contributed by atoms with E-state index in [9.17, 15) is 10.1 Å². The van der Waals surface area contributed by atoms with E-state index in [1.807, 2.05) is 6.07 Å². The summed E-state index contributed by atoms with van der Waals surface area (Å²) in [4.78, 5) is 18.5. The monoisotopic (exact) mass is 255 g/mol. The number of hydrogen-bond donors (Lipinski definition) is 1. The lowest BCUT2D eigenvalue weighted by Gasteiger charge is -2.04. The summed E-state index contributed by atoms with van der Waals surface area (Å²) < 4.78 is 0. The molecule has 2 heterocycles. The zero-order chi connectivity index (χ0) is 13.8. The molecule has 0 bridgehead atoms. The summed E-state index contributed by atoms with van der Waals surface area (Å²) >= 11 is 0. The second kappa shape index (κ2) is 5.10. The summed E-state index contributed by atoms with van der Waals surface area (Å²) in [5, 5.41) is 22.4. The predicted molar refractivity (Wildman–Crippen MR) is 68.4 cm³/mol. The minimum atomic E-state index is -0.492. The van der Waals surface area contributed by atoms with Crippen LogP contribution in [0.2, 0.25) is 0 Å². The number of aromatic nitrogens is 2. The maximum Gasteiger partial charge on any atom is 0.275 e. The lowest BCUT2D eigenvalue weighted by Crippen LogP contribution is -1.98. The number of nitro groups is 1. The molecule has 0 radical (unpaired) electrons. The molecule has 0 aromatic carbocycles. The number of rotatable bonds is 3. The third-order valence-electron chi connectivity index (χ3n) is 2.44. The van der Waals surface area contributed by atoms with Gasteiger partial charge in [0.05, 0.1) is 22.2 Å². The highest BCUT2D eigenvalue weighted by molar-refractivity contribution is 5.65. The molecule has 19 heavy (non-hydrogen) atoms. The van der Waals surface area contributed by atoms with E-state index in [0.29, 0.717) is 22.6 Å². The molecule has 0 aliphatic rings. The van der Waals surface area contributed by atoms with Crippen LogP contribution in [-0.2, 0) is 0 Å². The highest BCUT2D eigenvalue weighted by Gasteiger charge is 2.12. The summed E-state index contributed by atoms with van der Waals surface area (Å²) in [6, 6.07) is 6.23. The Bertz CT molecular complexity index is 678. The number of pyridine rings is 2. The summed E-state index contributed by atoms with van der Waals surface area (Å²) in [6.07, 6.45) is 2.92. The first kappa shape index (κ1) is 12.4. The van der Waals surface area contributed by atoms with Crippen LogP contribution >= 0.6 is 0 Å². The average Bonchev–Trinajstić information content (AvgIpc) is 2.46. The maximum absolute atomic E-state index is 10.9. The molecule has 0 saturated heterocycles. The molecular weight excluding hydrogens is 246 g/mol. The molecule has 0 unspecified atom stereocenters. The zero-order valence-corrected chi connectivity index (χ0v) is 9.99. The molecule has 0 spiro atoms. The van der Waals surface area contributed by atoms with Crippen molar-refractivity contribution in [2.75, 3.05) is 12.4 Å². The fourth-order valence-electron chi connectivity index (χ4n) is 1.54. The minimum Gasteiger partial charge on any atom is -0.373 e. The molecule has 7 nitrogen and oxygen atoms in total. The van der Waals surface area contributed by atoms with Crippen molar-refractivity contribution >= 4 is 11.5 Å². The van der Waals surface area contributed by atoms with Crippen molar-refractivity contribution in [1.82, 2.24) is 9.97 Å². The van der Waals surface area contributed by atoms with E-state index in [0.717, 1.165) is 0 Å². The molecule has 2 aromatic heterocycles. The molecule has 1 N–H and O–H groups in total. The van der Waals surface area contributed by atoms with Crippen molar-refractivity contribution in [1.29, 1.82) is 5.26 Å². The van der Waals surface area contributed by atoms with Gasteiger partial charge >= 0.3 is 0 Å². The topological polar surface area (TPSA) is 105 Å². The van der Waals surface area contributed by atoms with Gasteiger partial charge in [0.1, 0.15) is 11.9 Å². The van der Waals surface area contributed by atoms with Gasteiger partial charge in [-0.2, -0.15) is 5.26 Å². The second-order valence-electron chi connectivity index (χ2n) is 3.68. The fourth-order valence-corrected chi connectivity index (χ4v) is 1.54. The van der Waals surface area contributed by atoms with Gasteiger partial charge in [0.15, 0.2) is 0 Å². The zero-order valence-electron chi connectivity index (χ0n) is 9.99. The minimum absolute atomic E-state index is 0.0725. The van der Waals surface area contributed by atoms with Crippen LogP contribution in [0.25, 0.3) is 11.3 Å². The van der Waals surface area contributed by atoms with Crippen molar-refractivity contribution in [3.8, 4) is 17.3 Å². The Balaban J connectivity index is 2.57. The third kappa shape index (κ3) is 2.63. The summed E-state index contributed by atoms with van der Waals surface area (Å²) in [7, 11) is 1.62. The van der Waals surface area contributed by atoms with E-state index in [-0.39, 0.29) is 5.69 Å². The van der Waals surface area contributed by atoms with Gasteiger partial charge < -0.3 is 5.32 Å². The van der Waals surface area contributed by atoms with Crippen LogP contribution in [0.15, 0.2) is 30.6 Å². The molecule has 0 aliphatic carbocycles. The molecule has 94 valence electrons. The van der Waals surface area contributed by atoms with Crippen molar-refractivity contribution in [2.45, 2.75) is 0 Å². The largest absolute Gasteiger partial charge is 0.373 e. The van der Waals surface area contributed by atoms with Crippen LogP contribution in [0, 0.1) is 21.4 Å². The molecule has 7 heteroatoms. The Kier molecular flexibility index (Phi) is 3.34. The highest BCUT2D eigenvalue weighted by Crippen LogP contribution is 2.25. The van der Waals surface area contributed by atoms with Crippen LogP contribution in [0.5, 0.6) is 0 Å². The second-order valence-corrected chi connectivity index (χ2v) is 3.68. The van der Waals surface area contributed by atoms with Crippen LogP contribution in [0.1, 0.15) is 5.56 Å². The van der Waals surface area contributed by atoms with Gasteiger partial charge in [-0.05, 0) is 6.07 Å². The van der Waals surface area contributed by atoms with Gasteiger partial charge in [-0.3, -0.25) is 15.1 Å². The smallest absolute Gasteiger partial charge is 0.275 e. The summed E-state index contributed by atoms with van der Waals surface area (Å²) in [5.74, 6) is 0.381. The van der Waals surface area contributed by atoms with Crippen molar-refractivity contribution < 1.29 is 4.92 Å². The average molecular weight is 255 g/mol. The quantitative estimate of drug-likeness (QED) is 0.664. The standard InChI is InChI=1S/C12H9N5O2/c1-14-12-4-10(17(18)19)3-11(16-12)9-2-8(5-13)6-15-7-9/h2-4,6-7H,1H3,(H,14,16). The summed E-state index contributed by atoms with van der Waals surface area (Å²) in [5.41, 5.74) is 1.25. The van der Waals surface area contributed by atoms with E-state index in [1.165, 1.54) is 24.5 Å². The molecule has 0 amide bonds. The normalized spacial score (nSPS) is 9.68. The third-order valence-corrected chi connectivity index (χ3v) is 2.44. The Labute approximate surface area is 108 Å². The Morgan fingerprint density at radius 1 is 1.37 bits per heavy atom. The Morgan fingerprint density at radius 3 is 2.79 bits per heavy atom. The van der Waals surface area contributed by atoms with Crippen molar-refractivity contribution in [3.63, 3.8) is 0 Å². The van der Waals surface area contributed by atoms with Crippen molar-refractivity contribution in [2.24, 2.45) is 0 Å². The maximum atomic E-state index is 10.9. The van der Waals surface area contributed by atoms with Gasteiger partial charge in [-0.25, -0.2) is 4.98 Å². The molecule has 0 atom stereocenters. The van der Waals surface area contributed by atoms with Crippen molar-refractivity contribution in [3.05, 3.63) is 46.3 Å². The van der Waals surface area contributed by atoms with Crippen LogP contribution in [-0.4, -0.2) is 21.9 Å². The molecular formula is C12H9N5O2. The first-order valence-corrected chi connectivity index (χ1v) is 5.34. The van der Waals surface area contributed by atoms with Crippen LogP contribution in [0.3, 0.4) is 0 Å². The fraction of sp³-hybridized carbons (Fsp3) is 0.0833.